The first-order chi connectivity index (χ1) is 7.86. The average molecular weight is 251 g/mol. The number of fused-ring (bicyclic) bond motifs is 4. The highest BCUT2D eigenvalue weighted by Gasteiger charge is 2.47. The molecule has 3 aliphatic heterocycles. The highest BCUT2D eigenvalue weighted by atomic mass is 35.5. The number of benzene rings is 1. The summed E-state index contributed by atoms with van der Waals surface area (Å²) in [6.45, 7) is 1.15. The quantitative estimate of drug-likeness (QED) is 0.740. The number of hydrogen-bond donors (Lipinski definition) is 2. The van der Waals surface area contributed by atoms with Crippen LogP contribution in [-0.4, -0.2) is 18.6 Å². The van der Waals surface area contributed by atoms with Gasteiger partial charge in [-0.3, -0.25) is 0 Å². The van der Waals surface area contributed by atoms with Gasteiger partial charge in [0.1, 0.15) is 0 Å². The Labute approximate surface area is 109 Å². The summed E-state index contributed by atoms with van der Waals surface area (Å²) >= 11 is 0. The molecule has 2 fully saturated rings. The van der Waals surface area contributed by atoms with Crippen LogP contribution in [0.4, 0.5) is 5.69 Å². The van der Waals surface area contributed by atoms with Crippen molar-refractivity contribution in [2.75, 3.05) is 11.9 Å². The van der Waals surface area contributed by atoms with Gasteiger partial charge in [-0.15, -0.1) is 12.4 Å². The molecule has 1 aromatic rings. The lowest BCUT2D eigenvalue weighted by molar-refractivity contribution is 0.268. The molecule has 4 rings (SSSR count). The lowest BCUT2D eigenvalue weighted by atomic mass is 9.72. The molecular weight excluding hydrogens is 232 g/mol. The van der Waals surface area contributed by atoms with Crippen molar-refractivity contribution in [2.45, 2.75) is 43.2 Å². The van der Waals surface area contributed by atoms with Crippen LogP contribution in [0.25, 0.3) is 0 Å². The van der Waals surface area contributed by atoms with E-state index in [1.807, 2.05) is 0 Å². The van der Waals surface area contributed by atoms with E-state index in [4.69, 9.17) is 0 Å². The van der Waals surface area contributed by atoms with E-state index in [0.29, 0.717) is 5.41 Å². The summed E-state index contributed by atoms with van der Waals surface area (Å²) < 4.78 is 0. The molecule has 3 heteroatoms. The first-order valence-electron chi connectivity index (χ1n) is 6.45. The van der Waals surface area contributed by atoms with Crippen LogP contribution >= 0.6 is 12.4 Å². The summed E-state index contributed by atoms with van der Waals surface area (Å²) in [4.78, 5) is 0. The second-order valence-electron chi connectivity index (χ2n) is 5.73. The summed E-state index contributed by atoms with van der Waals surface area (Å²) in [5, 5.41) is 7.35. The van der Waals surface area contributed by atoms with Gasteiger partial charge in [-0.25, -0.2) is 0 Å². The van der Waals surface area contributed by atoms with Crippen molar-refractivity contribution in [3.05, 3.63) is 29.8 Å². The summed E-state index contributed by atoms with van der Waals surface area (Å²) in [5.41, 5.74) is 3.39. The Balaban J connectivity index is 0.000000902. The molecule has 17 heavy (non-hydrogen) atoms. The normalized spacial score (nSPS) is 37.4. The van der Waals surface area contributed by atoms with Gasteiger partial charge >= 0.3 is 0 Å². The van der Waals surface area contributed by atoms with Gasteiger partial charge in [0, 0.05) is 29.7 Å². The molecule has 2 nitrogen and oxygen atoms in total. The molecule has 1 spiro atoms. The Morgan fingerprint density at radius 3 is 2.53 bits per heavy atom. The molecule has 2 bridgehead atoms. The predicted molar refractivity (Wildman–Crippen MR) is 73.0 cm³/mol. The molecule has 1 aromatic carbocycles. The third-order valence-electron chi connectivity index (χ3n) is 4.72. The Hall–Kier alpha value is -0.730. The lowest BCUT2D eigenvalue weighted by Crippen LogP contribution is -2.47. The SMILES string of the molecule is Cl.c1ccc2c(c1)NCC21CC2CCC(C1)N2. The summed E-state index contributed by atoms with van der Waals surface area (Å²) in [6.07, 6.45) is 5.42. The van der Waals surface area contributed by atoms with E-state index >= 15 is 0 Å². The Kier molecular flexibility index (Phi) is 2.60. The van der Waals surface area contributed by atoms with E-state index in [9.17, 15) is 0 Å². The van der Waals surface area contributed by atoms with Crippen LogP contribution in [0.1, 0.15) is 31.2 Å². The molecule has 0 amide bonds. The summed E-state index contributed by atoms with van der Waals surface area (Å²) in [7, 11) is 0. The fourth-order valence-electron chi connectivity index (χ4n) is 4.07. The molecule has 2 unspecified atom stereocenters. The van der Waals surface area contributed by atoms with Crippen molar-refractivity contribution in [2.24, 2.45) is 0 Å². The summed E-state index contributed by atoms with van der Waals surface area (Å²) in [5.74, 6) is 0. The van der Waals surface area contributed by atoms with Gasteiger partial charge in [0.05, 0.1) is 0 Å². The highest BCUT2D eigenvalue weighted by Crippen LogP contribution is 2.48. The topological polar surface area (TPSA) is 24.1 Å². The van der Waals surface area contributed by atoms with Gasteiger partial charge in [0.2, 0.25) is 0 Å². The number of para-hydroxylation sites is 1. The first-order valence-corrected chi connectivity index (χ1v) is 6.45. The maximum absolute atomic E-state index is 3.74. The molecule has 2 saturated heterocycles. The van der Waals surface area contributed by atoms with Crippen molar-refractivity contribution in [3.8, 4) is 0 Å². The molecular formula is C14H19ClN2. The third kappa shape index (κ3) is 1.58. The molecule has 3 aliphatic rings. The maximum atomic E-state index is 3.74. The lowest BCUT2D eigenvalue weighted by Gasteiger charge is -2.38. The molecule has 2 N–H and O–H groups in total. The van der Waals surface area contributed by atoms with E-state index in [1.54, 1.807) is 5.56 Å². The van der Waals surface area contributed by atoms with Crippen LogP contribution in [0.15, 0.2) is 24.3 Å². The molecule has 0 aliphatic carbocycles. The van der Waals surface area contributed by atoms with E-state index in [0.717, 1.165) is 18.6 Å². The van der Waals surface area contributed by atoms with Gasteiger partial charge in [-0.1, -0.05) is 18.2 Å². The van der Waals surface area contributed by atoms with Gasteiger partial charge in [0.25, 0.3) is 0 Å². The zero-order chi connectivity index (χ0) is 10.6. The van der Waals surface area contributed by atoms with E-state index in [-0.39, 0.29) is 12.4 Å². The zero-order valence-electron chi connectivity index (χ0n) is 9.91. The fraction of sp³-hybridized carbons (Fsp3) is 0.571. The number of piperidine rings is 1. The van der Waals surface area contributed by atoms with Crippen LogP contribution in [-0.2, 0) is 5.41 Å². The number of hydrogen-bond acceptors (Lipinski definition) is 2. The maximum Gasteiger partial charge on any atom is 0.0379 e. The smallest absolute Gasteiger partial charge is 0.0379 e. The Morgan fingerprint density at radius 1 is 1.06 bits per heavy atom. The van der Waals surface area contributed by atoms with Crippen molar-refractivity contribution in [1.29, 1.82) is 0 Å². The highest BCUT2D eigenvalue weighted by molar-refractivity contribution is 5.85. The van der Waals surface area contributed by atoms with Crippen LogP contribution in [0.5, 0.6) is 0 Å². The second kappa shape index (κ2) is 3.89. The fourth-order valence-corrected chi connectivity index (χ4v) is 4.07. The van der Waals surface area contributed by atoms with E-state index in [2.05, 4.69) is 34.9 Å². The molecule has 3 heterocycles. The summed E-state index contributed by atoms with van der Waals surface area (Å²) in [6, 6.07) is 10.4. The van der Waals surface area contributed by atoms with Crippen molar-refractivity contribution in [1.82, 2.24) is 5.32 Å². The molecule has 2 atom stereocenters. The number of anilines is 1. The average Bonchev–Trinajstić information content (AvgIpc) is 2.83. The Morgan fingerprint density at radius 2 is 1.76 bits per heavy atom. The van der Waals surface area contributed by atoms with Gasteiger partial charge in [0.15, 0.2) is 0 Å². The number of nitrogens with one attached hydrogen (secondary N) is 2. The molecule has 92 valence electrons. The monoisotopic (exact) mass is 250 g/mol. The van der Waals surface area contributed by atoms with Crippen molar-refractivity contribution in [3.63, 3.8) is 0 Å². The van der Waals surface area contributed by atoms with Crippen LogP contribution in [0.3, 0.4) is 0 Å². The molecule has 0 radical (unpaired) electrons. The van der Waals surface area contributed by atoms with Gasteiger partial charge in [-0.05, 0) is 37.3 Å². The van der Waals surface area contributed by atoms with Gasteiger partial charge < -0.3 is 10.6 Å². The number of halogens is 1. The first kappa shape index (κ1) is 11.4. The zero-order valence-corrected chi connectivity index (χ0v) is 10.7. The predicted octanol–water partition coefficient (Wildman–Crippen LogP) is 2.69. The largest absolute Gasteiger partial charge is 0.384 e. The Bertz CT molecular complexity index is 420. The van der Waals surface area contributed by atoms with Crippen LogP contribution in [0.2, 0.25) is 0 Å². The molecule has 0 aromatic heterocycles. The van der Waals surface area contributed by atoms with Gasteiger partial charge in [-0.2, -0.15) is 0 Å². The minimum absolute atomic E-state index is 0. The van der Waals surface area contributed by atoms with E-state index < -0.39 is 0 Å². The standard InChI is InChI=1S/C14H18N2.ClH/c1-2-4-13-12(3-1)14(9-15-13)7-10-5-6-11(8-14)16-10;/h1-4,10-11,15-16H,5-9H2;1H. The minimum Gasteiger partial charge on any atom is -0.384 e. The van der Waals surface area contributed by atoms with Crippen LogP contribution in [0, 0.1) is 0 Å². The minimum atomic E-state index is 0. The van der Waals surface area contributed by atoms with E-state index in [1.165, 1.54) is 31.4 Å². The van der Waals surface area contributed by atoms with Crippen molar-refractivity contribution < 1.29 is 0 Å². The second-order valence-corrected chi connectivity index (χ2v) is 5.73. The third-order valence-corrected chi connectivity index (χ3v) is 4.72. The van der Waals surface area contributed by atoms with Crippen molar-refractivity contribution >= 4 is 18.1 Å². The van der Waals surface area contributed by atoms with Crippen LogP contribution < -0.4 is 10.6 Å². The molecule has 0 saturated carbocycles. The number of rotatable bonds is 0.